The maximum atomic E-state index is 10.7. The first-order valence-corrected chi connectivity index (χ1v) is 5.56. The van der Waals surface area contributed by atoms with E-state index in [0.29, 0.717) is 11.5 Å². The normalized spacial score (nSPS) is 9.95. The zero-order chi connectivity index (χ0) is 13.7. The van der Waals surface area contributed by atoms with Gasteiger partial charge in [-0.15, -0.1) is 0 Å². The van der Waals surface area contributed by atoms with Gasteiger partial charge in [-0.3, -0.25) is 15.1 Å². The highest BCUT2D eigenvalue weighted by atomic mass is 16.6. The van der Waals surface area contributed by atoms with E-state index in [1.807, 2.05) is 12.1 Å². The summed E-state index contributed by atoms with van der Waals surface area (Å²) in [5, 5.41) is 10.7. The average Bonchev–Trinajstić information content (AvgIpc) is 2.45. The predicted molar refractivity (Wildman–Crippen MR) is 68.2 cm³/mol. The van der Waals surface area contributed by atoms with Gasteiger partial charge in [0.05, 0.1) is 23.8 Å². The van der Waals surface area contributed by atoms with Gasteiger partial charge in [0.25, 0.3) is 5.69 Å². The maximum absolute atomic E-state index is 10.7. The summed E-state index contributed by atoms with van der Waals surface area (Å²) in [6, 6.07) is 9.66. The molecule has 0 aliphatic carbocycles. The van der Waals surface area contributed by atoms with Crippen LogP contribution in [-0.4, -0.2) is 17.0 Å². The third-order valence-electron chi connectivity index (χ3n) is 2.46. The minimum absolute atomic E-state index is 0.0446. The zero-order valence-corrected chi connectivity index (χ0v) is 10.3. The van der Waals surface area contributed by atoms with Crippen LogP contribution in [0.4, 0.5) is 5.69 Å². The van der Waals surface area contributed by atoms with Gasteiger partial charge in [0, 0.05) is 12.3 Å². The van der Waals surface area contributed by atoms with E-state index in [1.165, 1.54) is 25.3 Å². The number of hydrogen-bond donors (Lipinski definition) is 0. The Labute approximate surface area is 109 Å². The van der Waals surface area contributed by atoms with Gasteiger partial charge in [0.2, 0.25) is 0 Å². The number of methoxy groups -OCH3 is 1. The van der Waals surface area contributed by atoms with Crippen molar-refractivity contribution >= 4 is 5.69 Å². The monoisotopic (exact) mass is 260 g/mol. The highest BCUT2D eigenvalue weighted by Crippen LogP contribution is 2.31. The Balaban J connectivity index is 2.18. The van der Waals surface area contributed by atoms with Crippen LogP contribution in [-0.2, 0) is 6.61 Å². The molecule has 0 spiro atoms. The molecule has 0 fully saturated rings. The van der Waals surface area contributed by atoms with E-state index in [2.05, 4.69) is 4.98 Å². The largest absolute Gasteiger partial charge is 0.493 e. The smallest absolute Gasteiger partial charge is 0.273 e. The van der Waals surface area contributed by atoms with Crippen LogP contribution in [0.15, 0.2) is 42.6 Å². The molecule has 0 aliphatic rings. The number of aromatic nitrogens is 1. The molecule has 6 nitrogen and oxygen atoms in total. The fraction of sp³-hybridized carbons (Fsp3) is 0.154. The van der Waals surface area contributed by atoms with Gasteiger partial charge in [0.1, 0.15) is 6.61 Å². The highest BCUT2D eigenvalue weighted by Gasteiger charge is 2.12. The van der Waals surface area contributed by atoms with Crippen LogP contribution in [0.5, 0.6) is 11.5 Å². The Morgan fingerprint density at radius 2 is 2.11 bits per heavy atom. The van der Waals surface area contributed by atoms with E-state index >= 15 is 0 Å². The fourth-order valence-electron chi connectivity index (χ4n) is 1.53. The standard InChI is InChI=1S/C13H12N2O4/c1-18-12-6-5-11(15(16)17)8-13(12)19-9-10-4-2-3-7-14-10/h2-8H,9H2,1H3. The van der Waals surface area contributed by atoms with Gasteiger partial charge < -0.3 is 9.47 Å². The molecule has 19 heavy (non-hydrogen) atoms. The van der Waals surface area contributed by atoms with Crippen LogP contribution in [0, 0.1) is 10.1 Å². The molecule has 1 heterocycles. The number of benzene rings is 1. The number of rotatable bonds is 5. The molecule has 0 unspecified atom stereocenters. The number of nitrogens with zero attached hydrogens (tertiary/aromatic N) is 2. The second-order valence-corrected chi connectivity index (χ2v) is 3.70. The van der Waals surface area contributed by atoms with Gasteiger partial charge in [-0.25, -0.2) is 0 Å². The SMILES string of the molecule is COc1ccc([N+](=O)[O-])cc1OCc1ccccn1. The Morgan fingerprint density at radius 1 is 1.26 bits per heavy atom. The topological polar surface area (TPSA) is 74.5 Å². The third-order valence-corrected chi connectivity index (χ3v) is 2.46. The van der Waals surface area contributed by atoms with Crippen LogP contribution >= 0.6 is 0 Å². The van der Waals surface area contributed by atoms with Gasteiger partial charge in [-0.05, 0) is 18.2 Å². The van der Waals surface area contributed by atoms with Crippen LogP contribution in [0.25, 0.3) is 0 Å². The second kappa shape index (κ2) is 5.81. The maximum Gasteiger partial charge on any atom is 0.273 e. The Bertz CT molecular complexity index is 572. The lowest BCUT2D eigenvalue weighted by Gasteiger charge is -2.09. The Kier molecular flexibility index (Phi) is 3.92. The van der Waals surface area contributed by atoms with Gasteiger partial charge in [0.15, 0.2) is 11.5 Å². The second-order valence-electron chi connectivity index (χ2n) is 3.70. The first kappa shape index (κ1) is 12.8. The lowest BCUT2D eigenvalue weighted by Crippen LogP contribution is -2.00. The number of nitro groups is 1. The van der Waals surface area contributed by atoms with E-state index < -0.39 is 4.92 Å². The molecule has 0 bridgehead atoms. The molecule has 1 aromatic heterocycles. The number of ether oxygens (including phenoxy) is 2. The first-order chi connectivity index (χ1) is 9.20. The molecule has 0 amide bonds. The van der Waals surface area contributed by atoms with E-state index in [0.717, 1.165) is 5.69 Å². The molecule has 0 N–H and O–H groups in total. The predicted octanol–water partition coefficient (Wildman–Crippen LogP) is 2.58. The summed E-state index contributed by atoms with van der Waals surface area (Å²) in [5.41, 5.74) is 0.688. The van der Waals surface area contributed by atoms with Crippen LogP contribution < -0.4 is 9.47 Å². The number of non-ortho nitro benzene ring substituents is 1. The molecule has 1 aromatic carbocycles. The summed E-state index contributed by atoms with van der Waals surface area (Å²) in [6.45, 7) is 0.221. The van der Waals surface area contributed by atoms with Crippen molar-refractivity contribution < 1.29 is 14.4 Å². The average molecular weight is 260 g/mol. The number of hydrogen-bond acceptors (Lipinski definition) is 5. The van der Waals surface area contributed by atoms with Crippen molar-refractivity contribution in [2.75, 3.05) is 7.11 Å². The summed E-state index contributed by atoms with van der Waals surface area (Å²) >= 11 is 0. The quantitative estimate of drug-likeness (QED) is 0.610. The molecular weight excluding hydrogens is 248 g/mol. The Hall–Kier alpha value is -2.63. The molecule has 0 saturated carbocycles. The Morgan fingerprint density at radius 3 is 2.74 bits per heavy atom. The number of pyridine rings is 1. The molecular formula is C13H12N2O4. The van der Waals surface area contributed by atoms with E-state index in [1.54, 1.807) is 12.3 Å². The molecule has 0 saturated heterocycles. The molecule has 2 aromatic rings. The third kappa shape index (κ3) is 3.19. The van der Waals surface area contributed by atoms with E-state index in [9.17, 15) is 10.1 Å². The van der Waals surface area contributed by atoms with Crippen molar-refractivity contribution in [3.05, 3.63) is 58.4 Å². The van der Waals surface area contributed by atoms with Crippen molar-refractivity contribution in [2.24, 2.45) is 0 Å². The fourth-order valence-corrected chi connectivity index (χ4v) is 1.53. The molecule has 98 valence electrons. The van der Waals surface area contributed by atoms with Crippen molar-refractivity contribution in [3.8, 4) is 11.5 Å². The lowest BCUT2D eigenvalue weighted by molar-refractivity contribution is -0.385. The summed E-state index contributed by atoms with van der Waals surface area (Å²) in [7, 11) is 1.48. The van der Waals surface area contributed by atoms with Crippen molar-refractivity contribution in [2.45, 2.75) is 6.61 Å². The van der Waals surface area contributed by atoms with E-state index in [-0.39, 0.29) is 12.3 Å². The van der Waals surface area contributed by atoms with Crippen molar-refractivity contribution in [1.82, 2.24) is 4.98 Å². The minimum atomic E-state index is -0.479. The molecule has 0 aliphatic heterocycles. The summed E-state index contributed by atoms with van der Waals surface area (Å²) in [4.78, 5) is 14.4. The van der Waals surface area contributed by atoms with Crippen LogP contribution in [0.1, 0.15) is 5.69 Å². The molecule has 2 rings (SSSR count). The van der Waals surface area contributed by atoms with E-state index in [4.69, 9.17) is 9.47 Å². The molecule has 0 atom stereocenters. The minimum Gasteiger partial charge on any atom is -0.493 e. The highest BCUT2D eigenvalue weighted by molar-refractivity contribution is 5.48. The number of nitro benzene ring substituents is 1. The first-order valence-electron chi connectivity index (χ1n) is 5.56. The summed E-state index contributed by atoms with van der Waals surface area (Å²) in [6.07, 6.45) is 1.66. The summed E-state index contributed by atoms with van der Waals surface area (Å²) < 4.78 is 10.6. The summed E-state index contributed by atoms with van der Waals surface area (Å²) in [5.74, 6) is 0.767. The van der Waals surface area contributed by atoms with Crippen molar-refractivity contribution in [1.29, 1.82) is 0 Å². The van der Waals surface area contributed by atoms with Gasteiger partial charge in [-0.2, -0.15) is 0 Å². The van der Waals surface area contributed by atoms with Crippen molar-refractivity contribution in [3.63, 3.8) is 0 Å². The van der Waals surface area contributed by atoms with Crippen LogP contribution in [0.2, 0.25) is 0 Å². The van der Waals surface area contributed by atoms with Crippen LogP contribution in [0.3, 0.4) is 0 Å². The molecule has 0 radical (unpaired) electrons. The van der Waals surface area contributed by atoms with Gasteiger partial charge in [-0.1, -0.05) is 6.07 Å². The lowest BCUT2D eigenvalue weighted by atomic mass is 10.3. The molecule has 6 heteroatoms. The zero-order valence-electron chi connectivity index (χ0n) is 10.3. The van der Waals surface area contributed by atoms with Gasteiger partial charge >= 0.3 is 0 Å².